The molecule has 39 heavy (non-hydrogen) atoms. The monoisotopic (exact) mass is 536 g/mol. The minimum atomic E-state index is -1.08. The summed E-state index contributed by atoms with van der Waals surface area (Å²) < 4.78 is 32.7. The van der Waals surface area contributed by atoms with Crippen LogP contribution in [-0.4, -0.2) is 41.6 Å². The molecule has 2 amide bonds. The van der Waals surface area contributed by atoms with Crippen LogP contribution in [0.4, 0.5) is 8.78 Å². The first-order chi connectivity index (χ1) is 18.7. The van der Waals surface area contributed by atoms with Gasteiger partial charge in [-0.05, 0) is 48.7 Å². The molecule has 0 radical (unpaired) electrons. The molecule has 0 saturated carbocycles. The number of nitrogens with zero attached hydrogens (tertiary/aromatic N) is 1. The highest BCUT2D eigenvalue weighted by atomic mass is 19.1. The van der Waals surface area contributed by atoms with Gasteiger partial charge in [-0.3, -0.25) is 15.0 Å². The molecule has 0 spiro atoms. The minimum absolute atomic E-state index is 0.0133. The summed E-state index contributed by atoms with van der Waals surface area (Å²) in [5, 5.41) is 21.2. The molecule has 0 aliphatic carbocycles. The summed E-state index contributed by atoms with van der Waals surface area (Å²) >= 11 is 0. The second-order valence-corrected chi connectivity index (χ2v) is 8.68. The van der Waals surface area contributed by atoms with E-state index in [9.17, 15) is 28.4 Å². The number of amides is 2. The van der Waals surface area contributed by atoms with Gasteiger partial charge in [0.25, 0.3) is 5.91 Å². The Morgan fingerprint density at radius 3 is 2.46 bits per heavy atom. The van der Waals surface area contributed by atoms with Crippen LogP contribution in [-0.2, 0) is 22.6 Å². The van der Waals surface area contributed by atoms with Crippen molar-refractivity contribution in [3.05, 3.63) is 106 Å². The number of carbonyl (C=O) groups is 3. The van der Waals surface area contributed by atoms with E-state index < -0.39 is 47.1 Å². The molecule has 4 N–H and O–H groups in total. The molecule has 2 atom stereocenters. The summed E-state index contributed by atoms with van der Waals surface area (Å²) in [4.78, 5) is 36.7. The molecule has 0 heterocycles. The number of carboxylic acids is 1. The van der Waals surface area contributed by atoms with E-state index in [-0.39, 0.29) is 25.2 Å². The van der Waals surface area contributed by atoms with Gasteiger partial charge < -0.3 is 15.2 Å². The Bertz CT molecular complexity index is 1390. The highest BCUT2D eigenvalue weighted by Crippen LogP contribution is 2.11. The molecule has 0 fully saturated rings. The highest BCUT2D eigenvalue weighted by molar-refractivity contribution is 5.94. The second kappa shape index (κ2) is 13.8. The van der Waals surface area contributed by atoms with Crippen LogP contribution < -0.4 is 16.2 Å². The predicted molar refractivity (Wildman–Crippen MR) is 136 cm³/mol. The number of hydrazine groups is 1. The SMILES string of the molecule is Cc1cccc(C[C@H](NNC(=O)c2ccc(F)cc2F)C(=O)N[C@H](C#N)COCc2cccc(C(=O)O)c2)c1. The van der Waals surface area contributed by atoms with E-state index in [0.717, 1.165) is 23.3 Å². The third-order valence-electron chi connectivity index (χ3n) is 5.57. The number of nitrogens with one attached hydrogen (secondary N) is 3. The normalized spacial score (nSPS) is 12.2. The van der Waals surface area contributed by atoms with Crippen LogP contribution in [0.5, 0.6) is 0 Å². The van der Waals surface area contributed by atoms with Gasteiger partial charge in [0.15, 0.2) is 0 Å². The van der Waals surface area contributed by atoms with Crippen LogP contribution >= 0.6 is 0 Å². The molecule has 0 unspecified atom stereocenters. The first kappa shape index (κ1) is 28.9. The average Bonchev–Trinajstić information content (AvgIpc) is 2.90. The van der Waals surface area contributed by atoms with Crippen molar-refractivity contribution in [1.82, 2.24) is 16.2 Å². The third-order valence-corrected chi connectivity index (χ3v) is 5.57. The summed E-state index contributed by atoms with van der Waals surface area (Å²) in [6.07, 6.45) is 0.112. The van der Waals surface area contributed by atoms with Gasteiger partial charge in [0.1, 0.15) is 23.7 Å². The van der Waals surface area contributed by atoms with Crippen molar-refractivity contribution in [3.63, 3.8) is 0 Å². The summed E-state index contributed by atoms with van der Waals surface area (Å²) in [6.45, 7) is 1.70. The second-order valence-electron chi connectivity index (χ2n) is 8.68. The molecule has 0 aliphatic heterocycles. The summed E-state index contributed by atoms with van der Waals surface area (Å²) in [6, 6.07) is 15.7. The van der Waals surface area contributed by atoms with E-state index in [4.69, 9.17) is 9.84 Å². The smallest absolute Gasteiger partial charge is 0.335 e. The van der Waals surface area contributed by atoms with Crippen molar-refractivity contribution in [2.75, 3.05) is 6.61 Å². The zero-order valence-corrected chi connectivity index (χ0v) is 20.9. The summed E-state index contributed by atoms with van der Waals surface area (Å²) in [5.74, 6) is -4.55. The molecular weight excluding hydrogens is 510 g/mol. The lowest BCUT2D eigenvalue weighted by molar-refractivity contribution is -0.124. The topological polar surface area (TPSA) is 141 Å². The number of aromatic carboxylic acids is 1. The fourth-order valence-electron chi connectivity index (χ4n) is 3.65. The molecule has 3 aromatic carbocycles. The molecular formula is C28H26F2N4O5. The number of benzene rings is 3. The van der Waals surface area contributed by atoms with Gasteiger partial charge in [0, 0.05) is 6.07 Å². The lowest BCUT2D eigenvalue weighted by Gasteiger charge is -2.21. The molecule has 9 nitrogen and oxygen atoms in total. The van der Waals surface area contributed by atoms with Crippen LogP contribution in [0.15, 0.2) is 66.7 Å². The van der Waals surface area contributed by atoms with Crippen LogP contribution in [0, 0.1) is 29.9 Å². The summed E-state index contributed by atoms with van der Waals surface area (Å²) in [5.41, 5.74) is 6.80. The van der Waals surface area contributed by atoms with Crippen LogP contribution in [0.1, 0.15) is 37.4 Å². The van der Waals surface area contributed by atoms with Crippen molar-refractivity contribution in [3.8, 4) is 6.07 Å². The molecule has 3 aromatic rings. The maximum absolute atomic E-state index is 14.0. The zero-order chi connectivity index (χ0) is 28.4. The number of hydrogen-bond acceptors (Lipinski definition) is 6. The maximum atomic E-state index is 14.0. The molecule has 11 heteroatoms. The van der Waals surface area contributed by atoms with Gasteiger partial charge in [-0.15, -0.1) is 0 Å². The molecule has 202 valence electrons. The van der Waals surface area contributed by atoms with Crippen molar-refractivity contribution in [1.29, 1.82) is 5.26 Å². The van der Waals surface area contributed by atoms with E-state index in [1.807, 2.05) is 25.1 Å². The number of rotatable bonds is 12. The highest BCUT2D eigenvalue weighted by Gasteiger charge is 2.24. The Morgan fingerprint density at radius 1 is 1.03 bits per heavy atom. The van der Waals surface area contributed by atoms with Crippen molar-refractivity contribution in [2.45, 2.75) is 32.0 Å². The van der Waals surface area contributed by atoms with E-state index in [1.54, 1.807) is 24.3 Å². The van der Waals surface area contributed by atoms with Gasteiger partial charge in [0.2, 0.25) is 5.91 Å². The number of ether oxygens (including phenoxy) is 1. The van der Waals surface area contributed by atoms with Crippen LogP contribution in [0.2, 0.25) is 0 Å². The number of hydrogen-bond donors (Lipinski definition) is 4. The number of halogens is 2. The molecule has 0 bridgehead atoms. The Kier molecular flexibility index (Phi) is 10.2. The van der Waals surface area contributed by atoms with Gasteiger partial charge in [0.05, 0.1) is 30.4 Å². The van der Waals surface area contributed by atoms with Gasteiger partial charge in [-0.2, -0.15) is 5.26 Å². The summed E-state index contributed by atoms with van der Waals surface area (Å²) in [7, 11) is 0. The Balaban J connectivity index is 1.65. The quantitative estimate of drug-likeness (QED) is 0.261. The molecule has 0 aromatic heterocycles. The number of carbonyl (C=O) groups excluding carboxylic acids is 2. The number of nitriles is 1. The first-order valence-electron chi connectivity index (χ1n) is 11.8. The predicted octanol–water partition coefficient (Wildman–Crippen LogP) is 3.04. The zero-order valence-electron chi connectivity index (χ0n) is 20.9. The first-order valence-corrected chi connectivity index (χ1v) is 11.8. The Morgan fingerprint density at radius 2 is 1.77 bits per heavy atom. The standard InChI is InChI=1S/C28H26F2N4O5/c1-17-4-2-5-18(10-17)12-25(33-34-26(35)23-9-8-21(29)13-24(23)30)27(36)32-22(14-31)16-39-15-19-6-3-7-20(11-19)28(37)38/h2-11,13,22,25,33H,12,15-16H2,1H3,(H,32,36)(H,34,35)(H,37,38)/t22-,25+/m1/s1. The largest absolute Gasteiger partial charge is 0.478 e. The fraction of sp³-hybridized carbons (Fsp3) is 0.214. The number of carboxylic acid groups (broad SMARTS) is 1. The molecule has 0 aliphatic rings. The fourth-order valence-corrected chi connectivity index (χ4v) is 3.65. The minimum Gasteiger partial charge on any atom is -0.478 e. The van der Waals surface area contributed by atoms with E-state index >= 15 is 0 Å². The van der Waals surface area contributed by atoms with Crippen LogP contribution in [0.25, 0.3) is 0 Å². The maximum Gasteiger partial charge on any atom is 0.335 e. The van der Waals surface area contributed by atoms with Gasteiger partial charge in [-0.1, -0.05) is 42.0 Å². The average molecular weight is 537 g/mol. The van der Waals surface area contributed by atoms with Crippen molar-refractivity contribution >= 4 is 17.8 Å². The molecule has 0 saturated heterocycles. The lowest BCUT2D eigenvalue weighted by Crippen LogP contribution is -2.55. The van der Waals surface area contributed by atoms with Gasteiger partial charge >= 0.3 is 5.97 Å². The van der Waals surface area contributed by atoms with Crippen molar-refractivity contribution in [2.24, 2.45) is 0 Å². The lowest BCUT2D eigenvalue weighted by atomic mass is 10.0. The van der Waals surface area contributed by atoms with Crippen molar-refractivity contribution < 1.29 is 33.0 Å². The Labute approximate surface area is 223 Å². The van der Waals surface area contributed by atoms with Crippen LogP contribution in [0.3, 0.4) is 0 Å². The Hall–Kier alpha value is -4.66. The van der Waals surface area contributed by atoms with E-state index in [0.29, 0.717) is 11.6 Å². The third kappa shape index (κ3) is 8.70. The van der Waals surface area contributed by atoms with Gasteiger partial charge in [-0.25, -0.2) is 19.0 Å². The van der Waals surface area contributed by atoms with E-state index in [1.165, 1.54) is 12.1 Å². The number of aryl methyl sites for hydroxylation is 1. The molecule has 3 rings (SSSR count). The van der Waals surface area contributed by atoms with E-state index in [2.05, 4.69) is 16.2 Å².